The fraction of sp³-hybridized carbons (Fsp3) is 0.133. The van der Waals surface area contributed by atoms with Crippen LogP contribution in [0.5, 0.6) is 5.75 Å². The molecule has 0 radical (unpaired) electrons. The molecule has 21 heavy (non-hydrogen) atoms. The molecule has 0 aliphatic rings. The number of rotatable bonds is 4. The van der Waals surface area contributed by atoms with E-state index in [2.05, 4.69) is 20.4 Å². The van der Waals surface area contributed by atoms with Gasteiger partial charge in [-0.15, -0.1) is 0 Å². The number of aromatic hydroxyl groups is 1. The van der Waals surface area contributed by atoms with Gasteiger partial charge in [-0.3, -0.25) is 0 Å². The Morgan fingerprint density at radius 1 is 1.24 bits per heavy atom. The van der Waals surface area contributed by atoms with E-state index >= 15 is 0 Å². The van der Waals surface area contributed by atoms with Crippen LogP contribution in [0.4, 0.5) is 5.69 Å². The predicted octanol–water partition coefficient (Wildman–Crippen LogP) is 2.29. The van der Waals surface area contributed by atoms with Crippen LogP contribution in [0.1, 0.15) is 11.1 Å². The van der Waals surface area contributed by atoms with Crippen LogP contribution in [-0.4, -0.2) is 24.9 Å². The lowest BCUT2D eigenvalue weighted by Gasteiger charge is -2.07. The molecule has 0 unspecified atom stereocenters. The Balaban J connectivity index is 1.72. The zero-order valence-corrected chi connectivity index (χ0v) is 11.6. The van der Waals surface area contributed by atoms with Gasteiger partial charge in [0.25, 0.3) is 0 Å². The number of benzene rings is 1. The molecule has 106 valence electrons. The van der Waals surface area contributed by atoms with Gasteiger partial charge in [0.05, 0.1) is 18.1 Å². The molecule has 0 saturated heterocycles. The van der Waals surface area contributed by atoms with Gasteiger partial charge in [-0.1, -0.05) is 17.7 Å². The smallest absolute Gasteiger partial charge is 0.250 e. The number of phenols is 1. The Morgan fingerprint density at radius 3 is 2.86 bits per heavy atom. The van der Waals surface area contributed by atoms with Gasteiger partial charge >= 0.3 is 0 Å². The number of hydrogen-bond acceptors (Lipinski definition) is 5. The Hall–Kier alpha value is -2.89. The topological polar surface area (TPSA) is 75.9 Å². The number of nitrogens with one attached hydrogen (secondary N) is 1. The summed E-state index contributed by atoms with van der Waals surface area (Å²) in [6.07, 6.45) is 6.84. The summed E-state index contributed by atoms with van der Waals surface area (Å²) < 4.78 is 1.60. The number of anilines is 1. The summed E-state index contributed by atoms with van der Waals surface area (Å²) in [5.41, 5.74) is 2.79. The van der Waals surface area contributed by atoms with Crippen LogP contribution in [0.15, 0.2) is 49.1 Å². The van der Waals surface area contributed by atoms with Crippen molar-refractivity contribution in [3.8, 4) is 11.7 Å². The fourth-order valence-electron chi connectivity index (χ4n) is 1.99. The molecule has 2 aromatic heterocycles. The van der Waals surface area contributed by atoms with Crippen LogP contribution in [0.3, 0.4) is 0 Å². The van der Waals surface area contributed by atoms with E-state index in [0.29, 0.717) is 12.5 Å². The van der Waals surface area contributed by atoms with E-state index in [1.165, 1.54) is 0 Å². The summed E-state index contributed by atoms with van der Waals surface area (Å²) in [5.74, 6) is 0.802. The Labute approximate surface area is 122 Å². The molecular weight excluding hydrogens is 266 g/mol. The van der Waals surface area contributed by atoms with Gasteiger partial charge in [-0.25, -0.2) is 14.6 Å². The van der Waals surface area contributed by atoms with Gasteiger partial charge in [0, 0.05) is 24.5 Å². The van der Waals surface area contributed by atoms with E-state index in [4.69, 9.17) is 0 Å². The summed E-state index contributed by atoms with van der Waals surface area (Å²) in [7, 11) is 0. The summed E-state index contributed by atoms with van der Waals surface area (Å²) in [4.78, 5) is 8.26. The lowest BCUT2D eigenvalue weighted by Crippen LogP contribution is -2.01. The van der Waals surface area contributed by atoms with E-state index in [9.17, 15) is 5.11 Å². The molecule has 0 spiro atoms. The predicted molar refractivity (Wildman–Crippen MR) is 79.3 cm³/mol. The zero-order chi connectivity index (χ0) is 14.7. The number of aromatic nitrogens is 4. The Morgan fingerprint density at radius 2 is 2.05 bits per heavy atom. The highest BCUT2D eigenvalue weighted by Crippen LogP contribution is 2.19. The Bertz CT molecular complexity index is 739. The monoisotopic (exact) mass is 281 g/mol. The highest BCUT2D eigenvalue weighted by molar-refractivity contribution is 5.43. The molecular formula is C15H15N5O. The quantitative estimate of drug-likeness (QED) is 0.767. The molecule has 2 N–H and O–H groups in total. The van der Waals surface area contributed by atoms with Crippen LogP contribution in [0, 0.1) is 6.92 Å². The van der Waals surface area contributed by atoms with Crippen molar-refractivity contribution in [3.63, 3.8) is 0 Å². The van der Waals surface area contributed by atoms with E-state index in [-0.39, 0.29) is 5.75 Å². The number of hydrogen-bond donors (Lipinski definition) is 2. The fourth-order valence-corrected chi connectivity index (χ4v) is 1.99. The molecule has 0 atom stereocenters. The lowest BCUT2D eigenvalue weighted by atomic mass is 10.1. The van der Waals surface area contributed by atoms with Crippen molar-refractivity contribution in [1.29, 1.82) is 0 Å². The SMILES string of the molecule is Cc1ccc(O)c(CNc2cnn(-c3ncccn3)c2)c1. The number of aryl methyl sites for hydroxylation is 1. The molecule has 0 aliphatic carbocycles. The van der Waals surface area contributed by atoms with Gasteiger partial charge < -0.3 is 10.4 Å². The molecule has 0 amide bonds. The standard InChI is InChI=1S/C15H15N5O/c1-11-3-4-14(21)12(7-11)8-18-13-9-19-20(10-13)15-16-5-2-6-17-15/h2-7,9-10,18,21H,8H2,1H3. The van der Waals surface area contributed by atoms with Crippen molar-refractivity contribution < 1.29 is 5.11 Å². The average molecular weight is 281 g/mol. The first-order chi connectivity index (χ1) is 10.2. The van der Waals surface area contributed by atoms with Crippen molar-refractivity contribution in [2.45, 2.75) is 13.5 Å². The van der Waals surface area contributed by atoms with Gasteiger partial charge in [-0.05, 0) is 19.1 Å². The van der Waals surface area contributed by atoms with Crippen molar-refractivity contribution in [1.82, 2.24) is 19.7 Å². The maximum absolute atomic E-state index is 9.82. The molecule has 1 aromatic carbocycles. The third-order valence-electron chi connectivity index (χ3n) is 3.06. The molecule has 0 fully saturated rings. The molecule has 0 aliphatic heterocycles. The first-order valence-electron chi connectivity index (χ1n) is 6.57. The van der Waals surface area contributed by atoms with Crippen molar-refractivity contribution in [3.05, 3.63) is 60.2 Å². The van der Waals surface area contributed by atoms with E-state index in [0.717, 1.165) is 16.8 Å². The minimum absolute atomic E-state index is 0.284. The van der Waals surface area contributed by atoms with Gasteiger partial charge in [0.15, 0.2) is 0 Å². The third kappa shape index (κ3) is 3.00. The molecule has 3 rings (SSSR count). The summed E-state index contributed by atoms with van der Waals surface area (Å²) >= 11 is 0. The second-order valence-electron chi connectivity index (χ2n) is 4.71. The first kappa shape index (κ1) is 13.1. The highest BCUT2D eigenvalue weighted by Gasteiger charge is 2.04. The van der Waals surface area contributed by atoms with Gasteiger partial charge in [0.1, 0.15) is 5.75 Å². The molecule has 2 heterocycles. The van der Waals surface area contributed by atoms with Gasteiger partial charge in [0.2, 0.25) is 5.95 Å². The number of nitrogens with zero attached hydrogens (tertiary/aromatic N) is 4. The molecule has 6 nitrogen and oxygen atoms in total. The van der Waals surface area contributed by atoms with Gasteiger partial charge in [-0.2, -0.15) is 5.10 Å². The summed E-state index contributed by atoms with van der Waals surface area (Å²) in [6.45, 7) is 2.52. The second-order valence-corrected chi connectivity index (χ2v) is 4.71. The van der Waals surface area contributed by atoms with Crippen LogP contribution in [0.2, 0.25) is 0 Å². The average Bonchev–Trinajstić information content (AvgIpc) is 2.98. The largest absolute Gasteiger partial charge is 0.508 e. The van der Waals surface area contributed by atoms with Crippen molar-refractivity contribution >= 4 is 5.69 Å². The van der Waals surface area contributed by atoms with Crippen molar-refractivity contribution in [2.24, 2.45) is 0 Å². The zero-order valence-electron chi connectivity index (χ0n) is 11.6. The molecule has 0 bridgehead atoms. The third-order valence-corrected chi connectivity index (χ3v) is 3.06. The lowest BCUT2D eigenvalue weighted by molar-refractivity contribution is 0.469. The normalized spacial score (nSPS) is 10.5. The van der Waals surface area contributed by atoms with E-state index in [1.54, 1.807) is 35.4 Å². The summed E-state index contributed by atoms with van der Waals surface area (Å²) in [5, 5.41) is 17.2. The molecule has 0 saturated carbocycles. The molecule has 3 aromatic rings. The maximum atomic E-state index is 9.82. The minimum atomic E-state index is 0.284. The minimum Gasteiger partial charge on any atom is -0.508 e. The van der Waals surface area contributed by atoms with Crippen LogP contribution in [-0.2, 0) is 6.54 Å². The van der Waals surface area contributed by atoms with E-state index in [1.807, 2.05) is 25.3 Å². The van der Waals surface area contributed by atoms with Crippen LogP contribution in [0.25, 0.3) is 5.95 Å². The second kappa shape index (κ2) is 5.62. The first-order valence-corrected chi connectivity index (χ1v) is 6.57. The van der Waals surface area contributed by atoms with Crippen LogP contribution >= 0.6 is 0 Å². The maximum Gasteiger partial charge on any atom is 0.250 e. The number of phenolic OH excluding ortho intramolecular Hbond substituents is 1. The Kier molecular flexibility index (Phi) is 3.51. The summed E-state index contributed by atoms with van der Waals surface area (Å²) in [6, 6.07) is 7.29. The van der Waals surface area contributed by atoms with Crippen LogP contribution < -0.4 is 5.32 Å². The van der Waals surface area contributed by atoms with Crippen molar-refractivity contribution in [2.75, 3.05) is 5.32 Å². The molecule has 6 heteroatoms. The van der Waals surface area contributed by atoms with E-state index < -0.39 is 0 Å². The highest BCUT2D eigenvalue weighted by atomic mass is 16.3.